The van der Waals surface area contributed by atoms with Crippen LogP contribution in [0.2, 0.25) is 0 Å². The molecule has 0 amide bonds. The van der Waals surface area contributed by atoms with Crippen molar-refractivity contribution in [3.63, 3.8) is 0 Å². The van der Waals surface area contributed by atoms with Crippen molar-refractivity contribution in [3.8, 4) is 11.5 Å². The van der Waals surface area contributed by atoms with Crippen LogP contribution in [0.1, 0.15) is 24.0 Å². The maximum atomic E-state index is 5.41. The molecule has 3 nitrogen and oxygen atoms in total. The van der Waals surface area contributed by atoms with E-state index in [1.54, 1.807) is 14.2 Å². The third kappa shape index (κ3) is 4.23. The van der Waals surface area contributed by atoms with E-state index >= 15 is 0 Å². The van der Waals surface area contributed by atoms with Gasteiger partial charge < -0.3 is 14.8 Å². The van der Waals surface area contributed by atoms with Crippen LogP contribution < -0.4 is 14.8 Å². The zero-order valence-corrected chi connectivity index (χ0v) is 12.9. The summed E-state index contributed by atoms with van der Waals surface area (Å²) in [5.74, 6) is 2.15. The molecule has 112 valence electrons. The van der Waals surface area contributed by atoms with Crippen LogP contribution in [0.5, 0.6) is 11.5 Å². The SMILES string of the molecule is COc1ccc(CNCC(C)c2ccccc2)c(OC)c1. The zero-order valence-electron chi connectivity index (χ0n) is 12.9. The Kier molecular flexibility index (Phi) is 5.64. The van der Waals surface area contributed by atoms with Crippen LogP contribution in [0.25, 0.3) is 0 Å². The molecule has 3 heteroatoms. The second-order valence-electron chi connectivity index (χ2n) is 5.12. The first kappa shape index (κ1) is 15.4. The summed E-state index contributed by atoms with van der Waals surface area (Å²) in [6.45, 7) is 3.94. The van der Waals surface area contributed by atoms with Crippen LogP contribution in [-0.4, -0.2) is 20.8 Å². The second kappa shape index (κ2) is 7.70. The molecule has 2 rings (SSSR count). The van der Waals surface area contributed by atoms with Gasteiger partial charge in [0.25, 0.3) is 0 Å². The summed E-state index contributed by atoms with van der Waals surface area (Å²) in [4.78, 5) is 0. The third-order valence-electron chi connectivity index (χ3n) is 3.63. The number of methoxy groups -OCH3 is 2. The Bertz CT molecular complexity index is 554. The molecule has 0 radical (unpaired) electrons. The van der Waals surface area contributed by atoms with Gasteiger partial charge in [-0.15, -0.1) is 0 Å². The maximum Gasteiger partial charge on any atom is 0.127 e. The van der Waals surface area contributed by atoms with E-state index < -0.39 is 0 Å². The van der Waals surface area contributed by atoms with E-state index in [1.165, 1.54) is 5.56 Å². The molecule has 0 aliphatic rings. The number of rotatable bonds is 7. The van der Waals surface area contributed by atoms with Crippen molar-refractivity contribution in [1.29, 1.82) is 0 Å². The average Bonchev–Trinajstić information content (AvgIpc) is 2.55. The van der Waals surface area contributed by atoms with Crippen LogP contribution >= 0.6 is 0 Å². The molecule has 0 heterocycles. The summed E-state index contributed by atoms with van der Waals surface area (Å²) in [5, 5.41) is 3.49. The highest BCUT2D eigenvalue weighted by Crippen LogP contribution is 2.24. The molecule has 0 aromatic heterocycles. The molecule has 21 heavy (non-hydrogen) atoms. The third-order valence-corrected chi connectivity index (χ3v) is 3.63. The highest BCUT2D eigenvalue weighted by Gasteiger charge is 2.07. The van der Waals surface area contributed by atoms with Gasteiger partial charge in [-0.05, 0) is 17.5 Å². The number of hydrogen-bond acceptors (Lipinski definition) is 3. The van der Waals surface area contributed by atoms with Gasteiger partial charge in [0.1, 0.15) is 11.5 Å². The molecule has 1 atom stereocenters. The first-order valence-electron chi connectivity index (χ1n) is 7.21. The molecule has 2 aromatic rings. The largest absolute Gasteiger partial charge is 0.497 e. The van der Waals surface area contributed by atoms with E-state index in [4.69, 9.17) is 9.47 Å². The Morgan fingerprint density at radius 1 is 1.00 bits per heavy atom. The zero-order chi connectivity index (χ0) is 15.1. The number of hydrogen-bond donors (Lipinski definition) is 1. The number of nitrogens with one attached hydrogen (secondary N) is 1. The van der Waals surface area contributed by atoms with Crippen LogP contribution in [0, 0.1) is 0 Å². The quantitative estimate of drug-likeness (QED) is 0.843. The summed E-state index contributed by atoms with van der Waals surface area (Å²) in [6.07, 6.45) is 0. The van der Waals surface area contributed by atoms with Gasteiger partial charge in [-0.25, -0.2) is 0 Å². The molecule has 1 N–H and O–H groups in total. The normalized spacial score (nSPS) is 12.0. The van der Waals surface area contributed by atoms with Gasteiger partial charge in [-0.1, -0.05) is 43.3 Å². The molecule has 0 spiro atoms. The van der Waals surface area contributed by atoms with Gasteiger partial charge in [0.15, 0.2) is 0 Å². The van der Waals surface area contributed by atoms with Crippen molar-refractivity contribution in [2.75, 3.05) is 20.8 Å². The molecular formula is C18H23NO2. The lowest BCUT2D eigenvalue weighted by atomic mass is 10.0. The number of benzene rings is 2. The minimum Gasteiger partial charge on any atom is -0.497 e. The van der Waals surface area contributed by atoms with E-state index in [1.807, 2.05) is 24.3 Å². The van der Waals surface area contributed by atoms with Crippen molar-refractivity contribution in [2.45, 2.75) is 19.4 Å². The molecule has 0 bridgehead atoms. The molecule has 0 saturated carbocycles. The van der Waals surface area contributed by atoms with E-state index in [-0.39, 0.29) is 0 Å². The van der Waals surface area contributed by atoms with Crippen molar-refractivity contribution in [3.05, 3.63) is 59.7 Å². The first-order chi connectivity index (χ1) is 10.2. The summed E-state index contributed by atoms with van der Waals surface area (Å²) < 4.78 is 10.6. The molecule has 0 aliphatic carbocycles. The molecule has 0 aliphatic heterocycles. The Labute approximate surface area is 126 Å². The molecule has 2 aromatic carbocycles. The smallest absolute Gasteiger partial charge is 0.127 e. The Balaban J connectivity index is 1.91. The van der Waals surface area contributed by atoms with Crippen molar-refractivity contribution < 1.29 is 9.47 Å². The van der Waals surface area contributed by atoms with Crippen LogP contribution in [0.4, 0.5) is 0 Å². The summed E-state index contributed by atoms with van der Waals surface area (Å²) in [6, 6.07) is 16.5. The van der Waals surface area contributed by atoms with Gasteiger partial charge in [0, 0.05) is 24.7 Å². The maximum absolute atomic E-state index is 5.41. The van der Waals surface area contributed by atoms with Crippen LogP contribution in [0.15, 0.2) is 48.5 Å². The predicted octanol–water partition coefficient (Wildman–Crippen LogP) is 3.60. The van der Waals surface area contributed by atoms with E-state index in [9.17, 15) is 0 Å². The second-order valence-corrected chi connectivity index (χ2v) is 5.12. The van der Waals surface area contributed by atoms with Crippen molar-refractivity contribution in [2.24, 2.45) is 0 Å². The summed E-state index contributed by atoms with van der Waals surface area (Å²) in [5.41, 5.74) is 2.49. The van der Waals surface area contributed by atoms with Gasteiger partial charge in [0.2, 0.25) is 0 Å². The summed E-state index contributed by atoms with van der Waals surface area (Å²) >= 11 is 0. The Hall–Kier alpha value is -2.00. The lowest BCUT2D eigenvalue weighted by Crippen LogP contribution is -2.20. The van der Waals surface area contributed by atoms with Gasteiger partial charge in [-0.2, -0.15) is 0 Å². The first-order valence-corrected chi connectivity index (χ1v) is 7.21. The standard InChI is InChI=1S/C18H23NO2/c1-14(15-7-5-4-6-8-15)12-19-13-16-9-10-17(20-2)11-18(16)21-3/h4-11,14,19H,12-13H2,1-3H3. The van der Waals surface area contributed by atoms with Crippen molar-refractivity contribution >= 4 is 0 Å². The van der Waals surface area contributed by atoms with Gasteiger partial charge >= 0.3 is 0 Å². The lowest BCUT2D eigenvalue weighted by Gasteiger charge is -2.15. The Morgan fingerprint density at radius 3 is 2.43 bits per heavy atom. The lowest BCUT2D eigenvalue weighted by molar-refractivity contribution is 0.389. The fourth-order valence-electron chi connectivity index (χ4n) is 2.32. The average molecular weight is 285 g/mol. The molecule has 0 fully saturated rings. The fourth-order valence-corrected chi connectivity index (χ4v) is 2.32. The summed E-state index contributed by atoms with van der Waals surface area (Å²) in [7, 11) is 3.35. The van der Waals surface area contributed by atoms with Gasteiger partial charge in [0.05, 0.1) is 14.2 Å². The minimum atomic E-state index is 0.482. The highest BCUT2D eigenvalue weighted by molar-refractivity contribution is 5.40. The van der Waals surface area contributed by atoms with Crippen molar-refractivity contribution in [1.82, 2.24) is 5.32 Å². The Morgan fingerprint density at radius 2 is 1.76 bits per heavy atom. The predicted molar refractivity (Wildman–Crippen MR) is 86.1 cm³/mol. The minimum absolute atomic E-state index is 0.482. The van der Waals surface area contributed by atoms with Crippen LogP contribution in [-0.2, 0) is 6.54 Å². The van der Waals surface area contributed by atoms with E-state index in [0.717, 1.165) is 30.2 Å². The van der Waals surface area contributed by atoms with E-state index in [2.05, 4.69) is 36.5 Å². The topological polar surface area (TPSA) is 30.5 Å². The van der Waals surface area contributed by atoms with E-state index in [0.29, 0.717) is 5.92 Å². The van der Waals surface area contributed by atoms with Crippen LogP contribution in [0.3, 0.4) is 0 Å². The fraction of sp³-hybridized carbons (Fsp3) is 0.333. The monoisotopic (exact) mass is 285 g/mol. The molecular weight excluding hydrogens is 262 g/mol. The molecule has 1 unspecified atom stereocenters. The number of ether oxygens (including phenoxy) is 2. The van der Waals surface area contributed by atoms with Gasteiger partial charge in [-0.3, -0.25) is 0 Å². The highest BCUT2D eigenvalue weighted by atomic mass is 16.5. The molecule has 0 saturated heterocycles.